The number of likely N-dealkylation sites (N-methyl/N-ethyl adjacent to an activating group) is 1. The molecule has 0 unspecified atom stereocenters. The summed E-state index contributed by atoms with van der Waals surface area (Å²) in [6.45, 7) is 2.84. The number of nitrogens with one attached hydrogen (secondary N) is 1. The lowest BCUT2D eigenvalue weighted by molar-refractivity contribution is -0.157. The average molecular weight is 308 g/mol. The van der Waals surface area contributed by atoms with Crippen LogP contribution in [0.4, 0.5) is 13.2 Å². The van der Waals surface area contributed by atoms with E-state index in [1.807, 2.05) is 0 Å². The molecule has 122 valence electrons. The van der Waals surface area contributed by atoms with Crippen molar-refractivity contribution in [1.82, 2.24) is 15.1 Å². The Bertz CT molecular complexity index is 369. The fraction of sp³-hybridized carbons (Fsp3) is 0.692. The van der Waals surface area contributed by atoms with Gasteiger partial charge in [0.15, 0.2) is 5.96 Å². The normalized spacial score (nSPS) is 12.0. The Morgan fingerprint density at radius 1 is 1.33 bits per heavy atom. The largest absolute Gasteiger partial charge is 0.406 e. The summed E-state index contributed by atoms with van der Waals surface area (Å²) >= 11 is 0. The zero-order valence-corrected chi connectivity index (χ0v) is 12.7. The van der Waals surface area contributed by atoms with Crippen molar-refractivity contribution in [3.8, 4) is 0 Å². The van der Waals surface area contributed by atoms with Crippen molar-refractivity contribution in [1.29, 1.82) is 0 Å². The number of hydrogen-bond acceptors (Lipinski definition) is 2. The molecular formula is C13H23F3N4O. The molecule has 0 saturated heterocycles. The molecule has 0 aliphatic carbocycles. The molecule has 8 heteroatoms. The molecule has 0 aromatic rings. The van der Waals surface area contributed by atoms with Crippen molar-refractivity contribution in [3.05, 3.63) is 12.7 Å². The third kappa shape index (κ3) is 8.93. The molecule has 0 aromatic carbocycles. The number of halogens is 3. The lowest BCUT2D eigenvalue weighted by Crippen LogP contribution is -2.46. The van der Waals surface area contributed by atoms with Crippen LogP contribution in [0.15, 0.2) is 17.6 Å². The number of unbranched alkanes of at least 4 members (excludes halogenated alkanes) is 1. The first-order valence-corrected chi connectivity index (χ1v) is 6.54. The average Bonchev–Trinajstić information content (AvgIpc) is 2.37. The maximum absolute atomic E-state index is 12.2. The zero-order chi connectivity index (χ0) is 16.5. The Kier molecular flexibility index (Phi) is 8.49. The maximum Gasteiger partial charge on any atom is 0.406 e. The second kappa shape index (κ2) is 9.25. The predicted molar refractivity (Wildman–Crippen MR) is 77.1 cm³/mol. The second-order valence-corrected chi connectivity index (χ2v) is 4.62. The molecule has 5 nitrogen and oxygen atoms in total. The van der Waals surface area contributed by atoms with E-state index in [-0.39, 0.29) is 6.54 Å². The summed E-state index contributed by atoms with van der Waals surface area (Å²) < 4.78 is 36.5. The van der Waals surface area contributed by atoms with Gasteiger partial charge in [0.2, 0.25) is 5.91 Å². The van der Waals surface area contributed by atoms with Gasteiger partial charge in [-0.25, -0.2) is 0 Å². The Labute approximate surface area is 123 Å². The van der Waals surface area contributed by atoms with E-state index in [4.69, 9.17) is 0 Å². The molecule has 0 rings (SSSR count). The van der Waals surface area contributed by atoms with Crippen LogP contribution in [0.1, 0.15) is 12.8 Å². The Balaban J connectivity index is 4.27. The van der Waals surface area contributed by atoms with Gasteiger partial charge in [-0.2, -0.15) is 13.2 Å². The van der Waals surface area contributed by atoms with Crippen molar-refractivity contribution in [2.75, 3.05) is 40.8 Å². The number of aliphatic imine (C=N–C) groups is 1. The number of carbonyl (C=O) groups excluding carboxylic acids is 1. The van der Waals surface area contributed by atoms with Gasteiger partial charge in [0.05, 0.1) is 6.54 Å². The van der Waals surface area contributed by atoms with Crippen molar-refractivity contribution in [2.45, 2.75) is 19.0 Å². The molecule has 0 atom stereocenters. The highest BCUT2D eigenvalue weighted by Gasteiger charge is 2.31. The maximum atomic E-state index is 12.2. The van der Waals surface area contributed by atoms with Crippen LogP contribution in [0.2, 0.25) is 0 Å². The monoisotopic (exact) mass is 308 g/mol. The minimum atomic E-state index is -4.40. The Morgan fingerprint density at radius 2 is 1.95 bits per heavy atom. The highest BCUT2D eigenvalue weighted by molar-refractivity contribution is 5.86. The van der Waals surface area contributed by atoms with Crippen molar-refractivity contribution in [2.24, 2.45) is 4.99 Å². The lowest BCUT2D eigenvalue weighted by atomic mass is 10.3. The fourth-order valence-corrected chi connectivity index (χ4v) is 1.61. The number of allylic oxidation sites excluding steroid dienone is 1. The SMILES string of the molecule is C=CCCCN(C)C(=NC)NCC(=O)N(C)CC(F)(F)F. The molecule has 1 amide bonds. The van der Waals surface area contributed by atoms with Gasteiger partial charge in [-0.1, -0.05) is 6.08 Å². The van der Waals surface area contributed by atoms with Crippen LogP contribution in [-0.4, -0.2) is 68.6 Å². The van der Waals surface area contributed by atoms with E-state index < -0.39 is 18.6 Å². The quantitative estimate of drug-likeness (QED) is 0.335. The molecule has 0 aliphatic heterocycles. The minimum Gasteiger partial charge on any atom is -0.347 e. The van der Waals surface area contributed by atoms with E-state index in [2.05, 4.69) is 16.9 Å². The van der Waals surface area contributed by atoms with E-state index >= 15 is 0 Å². The van der Waals surface area contributed by atoms with Crippen LogP contribution in [-0.2, 0) is 4.79 Å². The number of nitrogens with zero attached hydrogens (tertiary/aromatic N) is 3. The van der Waals surface area contributed by atoms with Gasteiger partial charge in [0, 0.05) is 27.7 Å². The van der Waals surface area contributed by atoms with Crippen molar-refractivity contribution >= 4 is 11.9 Å². The lowest BCUT2D eigenvalue weighted by Gasteiger charge is -2.23. The molecule has 0 heterocycles. The fourth-order valence-electron chi connectivity index (χ4n) is 1.61. The number of amides is 1. The molecule has 21 heavy (non-hydrogen) atoms. The van der Waals surface area contributed by atoms with E-state index in [9.17, 15) is 18.0 Å². The molecule has 0 bridgehead atoms. The molecule has 0 saturated carbocycles. The summed E-state index contributed by atoms with van der Waals surface area (Å²) in [5, 5.41) is 2.75. The van der Waals surface area contributed by atoms with E-state index in [0.717, 1.165) is 19.9 Å². The van der Waals surface area contributed by atoms with Gasteiger partial charge in [0.25, 0.3) is 0 Å². The van der Waals surface area contributed by atoms with Gasteiger partial charge in [-0.05, 0) is 12.8 Å². The van der Waals surface area contributed by atoms with E-state index in [1.54, 1.807) is 25.1 Å². The number of carbonyl (C=O) groups is 1. The summed E-state index contributed by atoms with van der Waals surface area (Å²) in [6, 6.07) is 0. The molecule has 0 fully saturated rings. The minimum absolute atomic E-state index is 0.231. The third-order valence-corrected chi connectivity index (χ3v) is 2.72. The third-order valence-electron chi connectivity index (χ3n) is 2.72. The number of rotatable bonds is 7. The summed E-state index contributed by atoms with van der Waals surface area (Å²) in [7, 11) is 4.46. The highest BCUT2D eigenvalue weighted by Crippen LogP contribution is 2.15. The predicted octanol–water partition coefficient (Wildman–Crippen LogP) is 1.48. The topological polar surface area (TPSA) is 47.9 Å². The van der Waals surface area contributed by atoms with Gasteiger partial charge in [0.1, 0.15) is 6.54 Å². The van der Waals surface area contributed by atoms with Crippen LogP contribution in [0.25, 0.3) is 0 Å². The highest BCUT2D eigenvalue weighted by atomic mass is 19.4. The first-order chi connectivity index (χ1) is 9.71. The van der Waals surface area contributed by atoms with Crippen LogP contribution in [0, 0.1) is 0 Å². The van der Waals surface area contributed by atoms with Crippen LogP contribution in [0.5, 0.6) is 0 Å². The summed E-state index contributed by atoms with van der Waals surface area (Å²) in [4.78, 5) is 18.0. The summed E-state index contributed by atoms with van der Waals surface area (Å²) in [6.07, 6.45) is -0.857. The van der Waals surface area contributed by atoms with Crippen LogP contribution < -0.4 is 5.32 Å². The number of hydrogen-bond donors (Lipinski definition) is 1. The van der Waals surface area contributed by atoms with Crippen molar-refractivity contribution < 1.29 is 18.0 Å². The molecule has 0 aromatic heterocycles. The Hall–Kier alpha value is -1.73. The second-order valence-electron chi connectivity index (χ2n) is 4.62. The van der Waals surface area contributed by atoms with E-state index in [1.165, 1.54) is 0 Å². The number of alkyl halides is 3. The van der Waals surface area contributed by atoms with Crippen LogP contribution in [0.3, 0.4) is 0 Å². The standard InChI is InChI=1S/C13H23F3N4O/c1-5-6-7-8-19(3)12(17-2)18-9-11(21)20(4)10-13(14,15)16/h5H,1,6-10H2,2-4H3,(H,17,18). The van der Waals surface area contributed by atoms with Gasteiger partial charge in [-0.15, -0.1) is 6.58 Å². The molecule has 0 radical (unpaired) electrons. The summed E-state index contributed by atoms with van der Waals surface area (Å²) in [5.74, 6) is -0.180. The van der Waals surface area contributed by atoms with Crippen LogP contribution >= 0.6 is 0 Å². The molecular weight excluding hydrogens is 285 g/mol. The first kappa shape index (κ1) is 19.3. The number of guanidine groups is 1. The molecule has 0 aliphatic rings. The molecule has 0 spiro atoms. The van der Waals surface area contributed by atoms with Gasteiger partial charge >= 0.3 is 6.18 Å². The zero-order valence-electron chi connectivity index (χ0n) is 12.7. The molecule has 1 N–H and O–H groups in total. The van der Waals surface area contributed by atoms with E-state index in [0.29, 0.717) is 17.4 Å². The Morgan fingerprint density at radius 3 is 2.43 bits per heavy atom. The smallest absolute Gasteiger partial charge is 0.347 e. The van der Waals surface area contributed by atoms with Gasteiger partial charge in [-0.3, -0.25) is 9.79 Å². The van der Waals surface area contributed by atoms with Gasteiger partial charge < -0.3 is 15.1 Å². The summed E-state index contributed by atoms with van der Waals surface area (Å²) in [5.41, 5.74) is 0. The van der Waals surface area contributed by atoms with Crippen molar-refractivity contribution in [3.63, 3.8) is 0 Å². The first-order valence-electron chi connectivity index (χ1n) is 6.54.